The molecule has 0 radical (unpaired) electrons. The molecular weight excluding hydrogens is 232 g/mol. The third-order valence-corrected chi connectivity index (χ3v) is 2.93. The molecule has 2 N–H and O–H groups in total. The molecule has 1 heterocycles. The summed E-state index contributed by atoms with van der Waals surface area (Å²) in [5.41, 5.74) is 0.862. The largest absolute Gasteiger partial charge is 0.508 e. The summed E-state index contributed by atoms with van der Waals surface area (Å²) in [6.07, 6.45) is 1.63. The van der Waals surface area contributed by atoms with E-state index in [-0.39, 0.29) is 5.75 Å². The second kappa shape index (κ2) is 4.51. The Balaban J connectivity index is 1.99. The fourth-order valence-electron chi connectivity index (χ4n) is 1.16. The maximum absolute atomic E-state index is 9.24. The van der Waals surface area contributed by atoms with Crippen molar-refractivity contribution in [1.29, 1.82) is 0 Å². The van der Waals surface area contributed by atoms with Crippen LogP contribution in [-0.2, 0) is 6.54 Å². The summed E-state index contributed by atoms with van der Waals surface area (Å²) in [6, 6.07) is 6.96. The van der Waals surface area contributed by atoms with Crippen LogP contribution in [0.1, 0.15) is 5.01 Å². The first-order valence-electron chi connectivity index (χ1n) is 4.37. The number of halogens is 1. The van der Waals surface area contributed by atoms with Crippen molar-refractivity contribution in [2.24, 2.45) is 0 Å². The lowest BCUT2D eigenvalue weighted by Crippen LogP contribution is -1.97. The van der Waals surface area contributed by atoms with E-state index in [1.165, 1.54) is 11.3 Å². The molecule has 0 aliphatic rings. The molecule has 0 aliphatic heterocycles. The van der Waals surface area contributed by atoms with Crippen LogP contribution in [0.25, 0.3) is 0 Å². The van der Waals surface area contributed by atoms with Crippen molar-refractivity contribution in [2.45, 2.75) is 6.54 Å². The molecule has 1 aromatic carbocycles. The smallest absolute Gasteiger partial charge is 0.117 e. The molecule has 15 heavy (non-hydrogen) atoms. The van der Waals surface area contributed by atoms with Crippen LogP contribution in [0.3, 0.4) is 0 Å². The van der Waals surface area contributed by atoms with Gasteiger partial charge in [-0.05, 0) is 12.1 Å². The molecular formula is C10H9ClN2OS. The molecule has 0 unspecified atom stereocenters. The Bertz CT molecular complexity index is 458. The molecule has 78 valence electrons. The summed E-state index contributed by atoms with van der Waals surface area (Å²) in [5.74, 6) is 0.247. The molecule has 2 aromatic rings. The van der Waals surface area contributed by atoms with E-state index in [0.717, 1.165) is 10.7 Å². The SMILES string of the molecule is Oc1cccc(NCc2ncc(Cl)s2)c1. The van der Waals surface area contributed by atoms with E-state index in [9.17, 15) is 5.11 Å². The summed E-state index contributed by atoms with van der Waals surface area (Å²) < 4.78 is 0.683. The molecule has 0 bridgehead atoms. The van der Waals surface area contributed by atoms with Gasteiger partial charge in [-0.15, -0.1) is 11.3 Å². The van der Waals surface area contributed by atoms with Crippen LogP contribution in [0.2, 0.25) is 4.34 Å². The molecule has 1 aromatic heterocycles. The predicted molar refractivity (Wildman–Crippen MR) is 62.6 cm³/mol. The Morgan fingerprint density at radius 1 is 1.47 bits per heavy atom. The second-order valence-electron chi connectivity index (χ2n) is 2.96. The normalized spacial score (nSPS) is 10.2. The van der Waals surface area contributed by atoms with Gasteiger partial charge in [0.2, 0.25) is 0 Å². The molecule has 0 spiro atoms. The maximum Gasteiger partial charge on any atom is 0.117 e. The zero-order valence-corrected chi connectivity index (χ0v) is 9.35. The van der Waals surface area contributed by atoms with Crippen LogP contribution in [0, 0.1) is 0 Å². The van der Waals surface area contributed by atoms with Crippen molar-refractivity contribution in [1.82, 2.24) is 4.98 Å². The summed E-state index contributed by atoms with van der Waals surface area (Å²) in [7, 11) is 0. The first kappa shape index (κ1) is 10.3. The number of phenolic OH excluding ortho intramolecular Hbond substituents is 1. The van der Waals surface area contributed by atoms with Crippen LogP contribution in [0.15, 0.2) is 30.5 Å². The van der Waals surface area contributed by atoms with Gasteiger partial charge in [0.25, 0.3) is 0 Å². The van der Waals surface area contributed by atoms with Crippen molar-refractivity contribution < 1.29 is 5.11 Å². The highest BCUT2D eigenvalue weighted by Gasteiger charge is 1.99. The Kier molecular flexibility index (Phi) is 3.08. The zero-order chi connectivity index (χ0) is 10.7. The number of phenols is 1. The minimum Gasteiger partial charge on any atom is -0.508 e. The fourth-order valence-corrected chi connectivity index (χ4v) is 2.06. The Hall–Kier alpha value is -1.26. The average Bonchev–Trinajstić information content (AvgIpc) is 2.62. The van der Waals surface area contributed by atoms with E-state index in [2.05, 4.69) is 10.3 Å². The second-order valence-corrected chi connectivity index (χ2v) is 4.71. The topological polar surface area (TPSA) is 45.1 Å². The van der Waals surface area contributed by atoms with Crippen LogP contribution in [-0.4, -0.2) is 10.1 Å². The number of benzene rings is 1. The monoisotopic (exact) mass is 240 g/mol. The molecule has 3 nitrogen and oxygen atoms in total. The van der Waals surface area contributed by atoms with Crippen LogP contribution >= 0.6 is 22.9 Å². The van der Waals surface area contributed by atoms with E-state index >= 15 is 0 Å². The summed E-state index contributed by atoms with van der Waals surface area (Å²) in [5, 5.41) is 13.3. The standard InChI is InChI=1S/C10H9ClN2OS/c11-9-5-13-10(15-9)6-12-7-2-1-3-8(14)4-7/h1-5,12,14H,6H2. The molecule has 0 saturated carbocycles. The van der Waals surface area contributed by atoms with E-state index in [4.69, 9.17) is 11.6 Å². The highest BCUT2D eigenvalue weighted by molar-refractivity contribution is 7.15. The molecule has 0 aliphatic carbocycles. The van der Waals surface area contributed by atoms with Gasteiger partial charge in [-0.3, -0.25) is 0 Å². The highest BCUT2D eigenvalue weighted by Crippen LogP contribution is 2.20. The highest BCUT2D eigenvalue weighted by atomic mass is 35.5. The van der Waals surface area contributed by atoms with Crippen LogP contribution < -0.4 is 5.32 Å². The minimum absolute atomic E-state index is 0.247. The number of rotatable bonds is 3. The number of nitrogens with zero attached hydrogens (tertiary/aromatic N) is 1. The number of aromatic nitrogens is 1. The first-order valence-corrected chi connectivity index (χ1v) is 5.56. The fraction of sp³-hybridized carbons (Fsp3) is 0.100. The molecule has 0 saturated heterocycles. The number of hydrogen-bond acceptors (Lipinski definition) is 4. The van der Waals surface area contributed by atoms with Crippen molar-refractivity contribution in [3.05, 3.63) is 39.8 Å². The van der Waals surface area contributed by atoms with E-state index < -0.39 is 0 Å². The van der Waals surface area contributed by atoms with Crippen molar-refractivity contribution in [3.63, 3.8) is 0 Å². The molecule has 0 amide bonds. The number of nitrogens with one attached hydrogen (secondary N) is 1. The Morgan fingerprint density at radius 2 is 2.33 bits per heavy atom. The van der Waals surface area contributed by atoms with Gasteiger partial charge in [0.05, 0.1) is 12.7 Å². The van der Waals surface area contributed by atoms with Gasteiger partial charge in [0.15, 0.2) is 0 Å². The zero-order valence-electron chi connectivity index (χ0n) is 7.77. The number of aromatic hydroxyl groups is 1. The summed E-state index contributed by atoms with van der Waals surface area (Å²) in [6.45, 7) is 0.612. The molecule has 0 fully saturated rings. The van der Waals surface area contributed by atoms with E-state index in [0.29, 0.717) is 10.9 Å². The van der Waals surface area contributed by atoms with Gasteiger partial charge in [-0.1, -0.05) is 17.7 Å². The predicted octanol–water partition coefficient (Wildman–Crippen LogP) is 3.11. The van der Waals surface area contributed by atoms with E-state index in [1.807, 2.05) is 6.07 Å². The first-order chi connectivity index (χ1) is 7.24. The van der Waals surface area contributed by atoms with Crippen molar-refractivity contribution in [3.8, 4) is 5.75 Å². The van der Waals surface area contributed by atoms with Crippen LogP contribution in [0.5, 0.6) is 5.75 Å². The average molecular weight is 241 g/mol. The third-order valence-electron chi connectivity index (χ3n) is 1.82. The van der Waals surface area contributed by atoms with Gasteiger partial charge in [-0.2, -0.15) is 0 Å². The third kappa shape index (κ3) is 2.84. The maximum atomic E-state index is 9.24. The van der Waals surface area contributed by atoms with E-state index in [1.54, 1.807) is 24.4 Å². The molecule has 0 atom stereocenters. The Morgan fingerprint density at radius 3 is 3.00 bits per heavy atom. The van der Waals surface area contributed by atoms with Gasteiger partial charge in [0, 0.05) is 11.8 Å². The molecule has 5 heteroatoms. The lowest BCUT2D eigenvalue weighted by Gasteiger charge is -2.03. The van der Waals surface area contributed by atoms with Gasteiger partial charge >= 0.3 is 0 Å². The van der Waals surface area contributed by atoms with Gasteiger partial charge in [-0.25, -0.2) is 4.98 Å². The molecule has 2 rings (SSSR count). The lowest BCUT2D eigenvalue weighted by atomic mass is 10.3. The summed E-state index contributed by atoms with van der Waals surface area (Å²) >= 11 is 7.20. The van der Waals surface area contributed by atoms with Gasteiger partial charge < -0.3 is 10.4 Å². The quantitative estimate of drug-likeness (QED) is 0.867. The van der Waals surface area contributed by atoms with Crippen LogP contribution in [0.4, 0.5) is 5.69 Å². The minimum atomic E-state index is 0.247. The Labute approximate surface area is 96.4 Å². The van der Waals surface area contributed by atoms with Gasteiger partial charge in [0.1, 0.15) is 15.1 Å². The number of hydrogen-bond donors (Lipinski definition) is 2. The lowest BCUT2D eigenvalue weighted by molar-refractivity contribution is 0.475. The summed E-state index contributed by atoms with van der Waals surface area (Å²) in [4.78, 5) is 4.11. The van der Waals surface area contributed by atoms with Crippen molar-refractivity contribution >= 4 is 28.6 Å². The number of anilines is 1. The van der Waals surface area contributed by atoms with Crippen molar-refractivity contribution in [2.75, 3.05) is 5.32 Å². The number of thiazole rings is 1.